The number of hydrogen-bond donors (Lipinski definition) is 2. The quantitative estimate of drug-likeness (QED) is 0.638. The van der Waals surface area contributed by atoms with Gasteiger partial charge in [0.15, 0.2) is 0 Å². The van der Waals surface area contributed by atoms with Crippen LogP contribution < -0.4 is 15.4 Å². The smallest absolute Gasteiger partial charge is 0.223 e. The minimum atomic E-state index is 0.0156. The molecule has 150 valence electrons. The van der Waals surface area contributed by atoms with Gasteiger partial charge in [0, 0.05) is 24.9 Å². The van der Waals surface area contributed by atoms with Crippen LogP contribution in [0.5, 0.6) is 5.75 Å². The lowest BCUT2D eigenvalue weighted by Gasteiger charge is -2.28. The molecule has 1 aliphatic rings. The van der Waals surface area contributed by atoms with E-state index >= 15 is 0 Å². The number of ether oxygens (including phenoxy) is 1. The molecule has 2 N–H and O–H groups in total. The maximum Gasteiger partial charge on any atom is 0.223 e. The Labute approximate surface area is 164 Å². The molecule has 1 heterocycles. The van der Waals surface area contributed by atoms with E-state index in [0.717, 1.165) is 31.4 Å². The summed E-state index contributed by atoms with van der Waals surface area (Å²) in [6, 6.07) is 9.71. The van der Waals surface area contributed by atoms with Gasteiger partial charge < -0.3 is 19.9 Å². The average Bonchev–Trinajstić information content (AvgIpc) is 3.25. The SMILES string of the molecule is O=C(CCn1cnnc1)NC1CCC(C(=O)NCCOc2ccccc2)CC1. The van der Waals surface area contributed by atoms with E-state index in [4.69, 9.17) is 4.74 Å². The predicted molar refractivity (Wildman–Crippen MR) is 103 cm³/mol. The average molecular weight is 385 g/mol. The van der Waals surface area contributed by atoms with Crippen LogP contribution in [0.4, 0.5) is 0 Å². The van der Waals surface area contributed by atoms with E-state index < -0.39 is 0 Å². The number of nitrogens with one attached hydrogen (secondary N) is 2. The van der Waals surface area contributed by atoms with Crippen LogP contribution in [0, 0.1) is 5.92 Å². The molecule has 8 heteroatoms. The number of aryl methyl sites for hydroxylation is 1. The zero-order chi connectivity index (χ0) is 19.6. The predicted octanol–water partition coefficient (Wildman–Crippen LogP) is 1.54. The number of nitrogens with zero attached hydrogens (tertiary/aromatic N) is 3. The van der Waals surface area contributed by atoms with E-state index in [-0.39, 0.29) is 23.8 Å². The number of carbonyl (C=O) groups is 2. The summed E-state index contributed by atoms with van der Waals surface area (Å²) in [5.41, 5.74) is 0. The van der Waals surface area contributed by atoms with Crippen LogP contribution in [-0.2, 0) is 16.1 Å². The molecule has 0 atom stereocenters. The first-order valence-corrected chi connectivity index (χ1v) is 9.78. The van der Waals surface area contributed by atoms with Crippen LogP contribution in [0.2, 0.25) is 0 Å². The molecule has 1 saturated carbocycles. The number of aromatic nitrogens is 3. The lowest BCUT2D eigenvalue weighted by Crippen LogP contribution is -2.41. The Hall–Kier alpha value is -2.90. The molecular formula is C20H27N5O3. The molecule has 0 spiro atoms. The summed E-state index contributed by atoms with van der Waals surface area (Å²) in [4.78, 5) is 24.4. The van der Waals surface area contributed by atoms with E-state index in [0.29, 0.717) is 26.1 Å². The van der Waals surface area contributed by atoms with Gasteiger partial charge in [-0.1, -0.05) is 18.2 Å². The summed E-state index contributed by atoms with van der Waals surface area (Å²) in [5, 5.41) is 13.5. The standard InChI is InChI=1S/C20H27N5O3/c26-19(10-12-25-14-22-23-15-25)24-17-8-6-16(7-9-17)20(27)21-11-13-28-18-4-2-1-3-5-18/h1-5,14-17H,6-13H2,(H,21,27)(H,24,26). The summed E-state index contributed by atoms with van der Waals surface area (Å²) < 4.78 is 7.36. The maximum absolute atomic E-state index is 12.3. The highest BCUT2D eigenvalue weighted by Crippen LogP contribution is 2.24. The molecule has 1 fully saturated rings. The highest BCUT2D eigenvalue weighted by Gasteiger charge is 2.26. The monoisotopic (exact) mass is 385 g/mol. The molecule has 28 heavy (non-hydrogen) atoms. The number of para-hydroxylation sites is 1. The topological polar surface area (TPSA) is 98.1 Å². The zero-order valence-corrected chi connectivity index (χ0v) is 15.9. The van der Waals surface area contributed by atoms with Gasteiger partial charge >= 0.3 is 0 Å². The van der Waals surface area contributed by atoms with E-state index in [1.807, 2.05) is 30.3 Å². The van der Waals surface area contributed by atoms with Crippen molar-refractivity contribution in [3.8, 4) is 5.75 Å². The van der Waals surface area contributed by atoms with Crippen LogP contribution in [0.25, 0.3) is 0 Å². The van der Waals surface area contributed by atoms with Gasteiger partial charge in [-0.15, -0.1) is 10.2 Å². The summed E-state index contributed by atoms with van der Waals surface area (Å²) in [5.74, 6) is 0.924. The van der Waals surface area contributed by atoms with Gasteiger partial charge in [-0.05, 0) is 37.8 Å². The minimum absolute atomic E-state index is 0.0156. The minimum Gasteiger partial charge on any atom is -0.492 e. The second-order valence-electron chi connectivity index (χ2n) is 7.02. The number of hydrogen-bond acceptors (Lipinski definition) is 5. The lowest BCUT2D eigenvalue weighted by atomic mass is 9.85. The highest BCUT2D eigenvalue weighted by atomic mass is 16.5. The first-order valence-electron chi connectivity index (χ1n) is 9.78. The van der Waals surface area contributed by atoms with Crippen molar-refractivity contribution < 1.29 is 14.3 Å². The van der Waals surface area contributed by atoms with Crippen LogP contribution in [0.3, 0.4) is 0 Å². The number of amides is 2. The number of rotatable bonds is 9. The third-order valence-corrected chi connectivity index (χ3v) is 4.94. The van der Waals surface area contributed by atoms with E-state index in [9.17, 15) is 9.59 Å². The van der Waals surface area contributed by atoms with E-state index in [1.165, 1.54) is 0 Å². The van der Waals surface area contributed by atoms with Gasteiger partial charge in [0.1, 0.15) is 25.0 Å². The molecule has 8 nitrogen and oxygen atoms in total. The van der Waals surface area contributed by atoms with Crippen LogP contribution in [0.1, 0.15) is 32.1 Å². The van der Waals surface area contributed by atoms with Crippen molar-refractivity contribution in [1.29, 1.82) is 0 Å². The van der Waals surface area contributed by atoms with Crippen LogP contribution in [0.15, 0.2) is 43.0 Å². The van der Waals surface area contributed by atoms with Crippen molar-refractivity contribution in [2.45, 2.75) is 44.7 Å². The lowest BCUT2D eigenvalue weighted by molar-refractivity contribution is -0.126. The third-order valence-electron chi connectivity index (χ3n) is 4.94. The Kier molecular flexibility index (Phi) is 7.40. The third kappa shape index (κ3) is 6.37. The van der Waals surface area contributed by atoms with Gasteiger partial charge in [0.05, 0.1) is 6.54 Å². The van der Waals surface area contributed by atoms with E-state index in [2.05, 4.69) is 20.8 Å². The molecule has 0 saturated heterocycles. The van der Waals surface area contributed by atoms with Crippen molar-refractivity contribution in [1.82, 2.24) is 25.4 Å². The molecule has 1 aromatic heterocycles. The maximum atomic E-state index is 12.3. The molecule has 2 aromatic rings. The van der Waals surface area contributed by atoms with Crippen molar-refractivity contribution in [2.75, 3.05) is 13.2 Å². The summed E-state index contributed by atoms with van der Waals surface area (Å²) in [7, 11) is 0. The van der Waals surface area contributed by atoms with Crippen LogP contribution >= 0.6 is 0 Å². The van der Waals surface area contributed by atoms with Gasteiger partial charge in [0.25, 0.3) is 0 Å². The molecule has 1 aromatic carbocycles. The molecule has 3 rings (SSSR count). The second-order valence-corrected chi connectivity index (χ2v) is 7.02. The molecule has 0 bridgehead atoms. The molecular weight excluding hydrogens is 358 g/mol. The van der Waals surface area contributed by atoms with Crippen molar-refractivity contribution in [2.24, 2.45) is 5.92 Å². The molecule has 2 amide bonds. The molecule has 0 radical (unpaired) electrons. The number of benzene rings is 1. The highest BCUT2D eigenvalue weighted by molar-refractivity contribution is 5.79. The van der Waals surface area contributed by atoms with Crippen molar-refractivity contribution in [3.63, 3.8) is 0 Å². The molecule has 1 aliphatic carbocycles. The van der Waals surface area contributed by atoms with Gasteiger partial charge in [0.2, 0.25) is 11.8 Å². The Balaban J connectivity index is 1.27. The summed E-state index contributed by atoms with van der Waals surface area (Å²) in [6.45, 7) is 1.52. The Bertz CT molecular complexity index is 728. The van der Waals surface area contributed by atoms with Gasteiger partial charge in [-0.3, -0.25) is 9.59 Å². The van der Waals surface area contributed by atoms with Crippen molar-refractivity contribution in [3.05, 3.63) is 43.0 Å². The van der Waals surface area contributed by atoms with Crippen LogP contribution in [-0.4, -0.2) is 45.8 Å². The largest absolute Gasteiger partial charge is 0.492 e. The first-order chi connectivity index (χ1) is 13.7. The fourth-order valence-corrected chi connectivity index (χ4v) is 3.37. The normalized spacial score (nSPS) is 19.0. The van der Waals surface area contributed by atoms with E-state index in [1.54, 1.807) is 17.2 Å². The first kappa shape index (κ1) is 19.9. The Morgan fingerprint density at radius 1 is 1.07 bits per heavy atom. The Morgan fingerprint density at radius 3 is 2.50 bits per heavy atom. The molecule has 0 aliphatic heterocycles. The summed E-state index contributed by atoms with van der Waals surface area (Å²) >= 11 is 0. The Morgan fingerprint density at radius 2 is 1.79 bits per heavy atom. The fraction of sp³-hybridized carbons (Fsp3) is 0.500. The van der Waals surface area contributed by atoms with Gasteiger partial charge in [-0.2, -0.15) is 0 Å². The fourth-order valence-electron chi connectivity index (χ4n) is 3.37. The molecule has 0 unspecified atom stereocenters. The van der Waals surface area contributed by atoms with Crippen molar-refractivity contribution >= 4 is 11.8 Å². The second kappa shape index (κ2) is 10.4. The van der Waals surface area contributed by atoms with Gasteiger partial charge in [-0.25, -0.2) is 0 Å². The summed E-state index contributed by atoms with van der Waals surface area (Å²) in [6.07, 6.45) is 6.85. The number of carbonyl (C=O) groups excluding carboxylic acids is 2. The zero-order valence-electron chi connectivity index (χ0n) is 15.9.